The van der Waals surface area contributed by atoms with Gasteiger partial charge in [0.25, 0.3) is 5.79 Å². The summed E-state index contributed by atoms with van der Waals surface area (Å²) in [7, 11) is 0. The molecule has 4 nitrogen and oxygen atoms in total. The van der Waals surface area contributed by atoms with E-state index in [0.717, 1.165) is 25.7 Å². The van der Waals surface area contributed by atoms with Crippen LogP contribution in [-0.2, 0) is 14.3 Å². The monoisotopic (exact) mass is 230 g/mol. The van der Waals surface area contributed by atoms with Crippen molar-refractivity contribution in [3.63, 3.8) is 0 Å². The van der Waals surface area contributed by atoms with E-state index in [4.69, 9.17) is 9.47 Å². The minimum Gasteiger partial charge on any atom is -0.458 e. The van der Waals surface area contributed by atoms with Crippen LogP contribution in [0.25, 0.3) is 0 Å². The van der Waals surface area contributed by atoms with Gasteiger partial charge in [0.1, 0.15) is 6.10 Å². The van der Waals surface area contributed by atoms with Crippen LogP contribution in [0.15, 0.2) is 0 Å². The van der Waals surface area contributed by atoms with Gasteiger partial charge >= 0.3 is 5.97 Å². The van der Waals surface area contributed by atoms with E-state index in [1.54, 1.807) is 13.8 Å². The Morgan fingerprint density at radius 3 is 2.38 bits per heavy atom. The molecule has 0 aliphatic heterocycles. The highest BCUT2D eigenvalue weighted by atomic mass is 16.7. The van der Waals surface area contributed by atoms with E-state index in [1.807, 2.05) is 0 Å². The topological polar surface area (TPSA) is 55.8 Å². The predicted octanol–water partition coefficient (Wildman–Crippen LogP) is 2.00. The summed E-state index contributed by atoms with van der Waals surface area (Å²) in [4.78, 5) is 11.7. The van der Waals surface area contributed by atoms with Crippen molar-refractivity contribution in [2.24, 2.45) is 0 Å². The van der Waals surface area contributed by atoms with Crippen LogP contribution in [-0.4, -0.2) is 29.1 Å². The van der Waals surface area contributed by atoms with Crippen LogP contribution in [0.3, 0.4) is 0 Å². The molecule has 4 heteroatoms. The molecule has 0 spiro atoms. The van der Waals surface area contributed by atoms with Gasteiger partial charge in [-0.2, -0.15) is 0 Å². The van der Waals surface area contributed by atoms with Gasteiger partial charge in [-0.15, -0.1) is 0 Å². The molecule has 0 aromatic rings. The zero-order valence-corrected chi connectivity index (χ0v) is 10.4. The van der Waals surface area contributed by atoms with Gasteiger partial charge in [0.2, 0.25) is 0 Å². The minimum absolute atomic E-state index is 0.0523. The molecule has 1 fully saturated rings. The first kappa shape index (κ1) is 13.5. The molecule has 1 rings (SSSR count). The quantitative estimate of drug-likeness (QED) is 0.593. The van der Waals surface area contributed by atoms with Crippen LogP contribution in [0.1, 0.15) is 52.9 Å². The van der Waals surface area contributed by atoms with Crippen LogP contribution in [0.4, 0.5) is 0 Å². The molecule has 1 aliphatic carbocycles. The van der Waals surface area contributed by atoms with Gasteiger partial charge in [-0.05, 0) is 39.5 Å². The van der Waals surface area contributed by atoms with Gasteiger partial charge in [-0.3, -0.25) is 0 Å². The number of carbonyl (C=O) groups is 1. The summed E-state index contributed by atoms with van der Waals surface area (Å²) >= 11 is 0. The Labute approximate surface area is 96.9 Å². The van der Waals surface area contributed by atoms with E-state index in [1.165, 1.54) is 13.3 Å². The second-order valence-corrected chi connectivity index (χ2v) is 4.81. The van der Waals surface area contributed by atoms with Crippen molar-refractivity contribution in [1.29, 1.82) is 0 Å². The summed E-state index contributed by atoms with van der Waals surface area (Å²) in [5, 5.41) is 9.79. The molecule has 1 atom stereocenters. The van der Waals surface area contributed by atoms with Gasteiger partial charge in [-0.25, -0.2) is 4.79 Å². The van der Waals surface area contributed by atoms with E-state index in [-0.39, 0.29) is 12.2 Å². The van der Waals surface area contributed by atoms with Crippen LogP contribution >= 0.6 is 0 Å². The van der Waals surface area contributed by atoms with Crippen LogP contribution in [0.2, 0.25) is 0 Å². The molecule has 0 aromatic heterocycles. The highest BCUT2D eigenvalue weighted by Crippen LogP contribution is 2.22. The molecule has 0 saturated heterocycles. The van der Waals surface area contributed by atoms with E-state index < -0.39 is 11.8 Å². The summed E-state index contributed by atoms with van der Waals surface area (Å²) in [6, 6.07) is 0. The Morgan fingerprint density at radius 1 is 1.31 bits per heavy atom. The van der Waals surface area contributed by atoms with Gasteiger partial charge in [0.15, 0.2) is 0 Å². The smallest absolute Gasteiger partial charge is 0.366 e. The molecule has 0 aromatic carbocycles. The molecule has 0 amide bonds. The van der Waals surface area contributed by atoms with E-state index in [2.05, 4.69) is 0 Å². The normalized spacial score (nSPS) is 21.8. The Kier molecular flexibility index (Phi) is 4.74. The molecule has 0 unspecified atom stereocenters. The third-order valence-electron chi connectivity index (χ3n) is 2.67. The fourth-order valence-electron chi connectivity index (χ4n) is 1.95. The maximum Gasteiger partial charge on any atom is 0.366 e. The lowest BCUT2D eigenvalue weighted by molar-refractivity contribution is -0.236. The third-order valence-corrected chi connectivity index (χ3v) is 2.67. The van der Waals surface area contributed by atoms with Crippen LogP contribution < -0.4 is 0 Å². The van der Waals surface area contributed by atoms with Crippen LogP contribution in [0.5, 0.6) is 0 Å². The van der Waals surface area contributed by atoms with Gasteiger partial charge < -0.3 is 14.6 Å². The number of aliphatic hydroxyl groups is 1. The van der Waals surface area contributed by atoms with Crippen molar-refractivity contribution < 1.29 is 19.4 Å². The van der Waals surface area contributed by atoms with Crippen molar-refractivity contribution >= 4 is 5.97 Å². The standard InChI is InChI=1S/C12H22O4/c1-9(2)16-12(3,14)11(13)15-10-7-5-4-6-8-10/h9-10,14H,4-8H2,1-3H3/t12-/m0/s1. The molecule has 0 heterocycles. The molecule has 1 saturated carbocycles. The molecular weight excluding hydrogens is 208 g/mol. The first-order chi connectivity index (χ1) is 7.42. The number of carbonyl (C=O) groups excluding carboxylic acids is 1. The number of ether oxygens (including phenoxy) is 2. The largest absolute Gasteiger partial charge is 0.458 e. The molecule has 1 aliphatic rings. The van der Waals surface area contributed by atoms with Crippen LogP contribution in [0, 0.1) is 0 Å². The Hall–Kier alpha value is -0.610. The van der Waals surface area contributed by atoms with Gasteiger partial charge in [-0.1, -0.05) is 6.42 Å². The van der Waals surface area contributed by atoms with E-state index >= 15 is 0 Å². The van der Waals surface area contributed by atoms with Crippen molar-refractivity contribution in [3.8, 4) is 0 Å². The Balaban J connectivity index is 2.43. The van der Waals surface area contributed by atoms with Gasteiger partial charge in [0.05, 0.1) is 6.10 Å². The van der Waals surface area contributed by atoms with Crippen molar-refractivity contribution in [3.05, 3.63) is 0 Å². The maximum absolute atomic E-state index is 11.7. The summed E-state index contributed by atoms with van der Waals surface area (Å²) < 4.78 is 10.4. The molecular formula is C12H22O4. The van der Waals surface area contributed by atoms with E-state index in [9.17, 15) is 9.90 Å². The summed E-state index contributed by atoms with van der Waals surface area (Å²) in [5.41, 5.74) is 0. The number of hydrogen-bond acceptors (Lipinski definition) is 4. The summed E-state index contributed by atoms with van der Waals surface area (Å²) in [6.45, 7) is 4.86. The number of rotatable bonds is 4. The number of hydrogen-bond donors (Lipinski definition) is 1. The predicted molar refractivity (Wildman–Crippen MR) is 59.8 cm³/mol. The first-order valence-electron chi connectivity index (χ1n) is 6.03. The Bertz CT molecular complexity index is 229. The lowest BCUT2D eigenvalue weighted by Crippen LogP contribution is -2.43. The first-order valence-corrected chi connectivity index (χ1v) is 6.03. The molecule has 94 valence electrons. The summed E-state index contributed by atoms with van der Waals surface area (Å²) in [5.74, 6) is -2.50. The second kappa shape index (κ2) is 5.64. The highest BCUT2D eigenvalue weighted by Gasteiger charge is 2.36. The molecule has 0 bridgehead atoms. The zero-order valence-electron chi connectivity index (χ0n) is 10.4. The lowest BCUT2D eigenvalue weighted by atomic mass is 9.98. The molecule has 16 heavy (non-hydrogen) atoms. The third kappa shape index (κ3) is 4.10. The average molecular weight is 230 g/mol. The molecule has 0 radical (unpaired) electrons. The fourth-order valence-corrected chi connectivity index (χ4v) is 1.95. The van der Waals surface area contributed by atoms with Crippen molar-refractivity contribution in [2.75, 3.05) is 0 Å². The van der Waals surface area contributed by atoms with Crippen molar-refractivity contribution in [1.82, 2.24) is 0 Å². The highest BCUT2D eigenvalue weighted by molar-refractivity contribution is 5.77. The zero-order chi connectivity index (χ0) is 12.2. The minimum atomic E-state index is -1.83. The Morgan fingerprint density at radius 2 is 1.88 bits per heavy atom. The fraction of sp³-hybridized carbons (Fsp3) is 0.917. The maximum atomic E-state index is 11.7. The average Bonchev–Trinajstić information content (AvgIpc) is 2.17. The number of esters is 1. The van der Waals surface area contributed by atoms with Crippen molar-refractivity contribution in [2.45, 2.75) is 70.9 Å². The second-order valence-electron chi connectivity index (χ2n) is 4.81. The van der Waals surface area contributed by atoms with Gasteiger partial charge in [0, 0.05) is 6.92 Å². The molecule has 1 N–H and O–H groups in total. The SMILES string of the molecule is CC(C)O[C@](C)(O)C(=O)OC1CCCCC1. The van der Waals surface area contributed by atoms with E-state index in [0.29, 0.717) is 0 Å². The lowest BCUT2D eigenvalue weighted by Gasteiger charge is -2.28. The summed E-state index contributed by atoms with van der Waals surface area (Å²) in [6.07, 6.45) is 4.90.